The summed E-state index contributed by atoms with van der Waals surface area (Å²) in [6, 6.07) is 6.36. The van der Waals surface area contributed by atoms with Crippen LogP contribution in [0.15, 0.2) is 23.2 Å². The maximum Gasteiger partial charge on any atom is 0.188 e. The molecule has 0 fully saturated rings. The molecular formula is C10H11I2N3. The van der Waals surface area contributed by atoms with Gasteiger partial charge in [0.15, 0.2) is 5.96 Å². The van der Waals surface area contributed by atoms with Crippen LogP contribution in [0.1, 0.15) is 11.5 Å². The highest BCUT2D eigenvalue weighted by molar-refractivity contribution is 14.1. The molecule has 15 heavy (non-hydrogen) atoms. The van der Waals surface area contributed by atoms with Crippen molar-refractivity contribution in [1.29, 1.82) is 0 Å². The summed E-state index contributed by atoms with van der Waals surface area (Å²) in [5, 5.41) is 3.11. The maximum atomic E-state index is 5.59. The number of hydrogen-bond acceptors (Lipinski definition) is 3. The molecule has 1 aromatic rings. The van der Waals surface area contributed by atoms with Gasteiger partial charge in [0.1, 0.15) is 0 Å². The SMILES string of the molecule is NC1=NCC(c2c(I)cccc2I)CN1. The molecule has 0 amide bonds. The summed E-state index contributed by atoms with van der Waals surface area (Å²) in [5.41, 5.74) is 6.98. The predicted molar refractivity (Wildman–Crippen MR) is 79.1 cm³/mol. The number of hydrogen-bond donors (Lipinski definition) is 2. The second kappa shape index (κ2) is 4.86. The lowest BCUT2D eigenvalue weighted by molar-refractivity contribution is 0.630. The average Bonchev–Trinajstić information content (AvgIpc) is 2.20. The minimum Gasteiger partial charge on any atom is -0.370 e. The third kappa shape index (κ3) is 2.55. The number of guanidine groups is 1. The van der Waals surface area contributed by atoms with Crippen LogP contribution in [-0.4, -0.2) is 19.0 Å². The summed E-state index contributed by atoms with van der Waals surface area (Å²) in [7, 11) is 0. The van der Waals surface area contributed by atoms with E-state index in [0.717, 1.165) is 13.1 Å². The fourth-order valence-electron chi connectivity index (χ4n) is 1.65. The Bertz CT molecular complexity index is 383. The number of benzene rings is 1. The molecule has 0 aromatic heterocycles. The van der Waals surface area contributed by atoms with E-state index in [-0.39, 0.29) is 0 Å². The summed E-state index contributed by atoms with van der Waals surface area (Å²) >= 11 is 4.76. The van der Waals surface area contributed by atoms with Crippen molar-refractivity contribution in [2.24, 2.45) is 10.7 Å². The van der Waals surface area contributed by atoms with Crippen LogP contribution in [0.3, 0.4) is 0 Å². The van der Waals surface area contributed by atoms with Crippen LogP contribution in [0.25, 0.3) is 0 Å². The van der Waals surface area contributed by atoms with E-state index < -0.39 is 0 Å². The number of nitrogens with zero attached hydrogens (tertiary/aromatic N) is 1. The van der Waals surface area contributed by atoms with Gasteiger partial charge in [-0.1, -0.05) is 6.07 Å². The number of nitrogens with one attached hydrogen (secondary N) is 1. The zero-order valence-electron chi connectivity index (χ0n) is 8.00. The van der Waals surface area contributed by atoms with Crippen molar-refractivity contribution < 1.29 is 0 Å². The Labute approximate surface area is 116 Å². The van der Waals surface area contributed by atoms with E-state index >= 15 is 0 Å². The lowest BCUT2D eigenvalue weighted by Crippen LogP contribution is -2.40. The Kier molecular flexibility index (Phi) is 3.70. The molecule has 0 aliphatic carbocycles. The lowest BCUT2D eigenvalue weighted by Gasteiger charge is -2.23. The fraction of sp³-hybridized carbons (Fsp3) is 0.300. The minimum atomic E-state index is 0.442. The van der Waals surface area contributed by atoms with Crippen molar-refractivity contribution >= 4 is 51.1 Å². The largest absolute Gasteiger partial charge is 0.370 e. The Balaban J connectivity index is 2.30. The first-order valence-electron chi connectivity index (χ1n) is 4.66. The van der Waals surface area contributed by atoms with Gasteiger partial charge in [-0.15, -0.1) is 0 Å². The average molecular weight is 427 g/mol. The molecule has 3 nitrogen and oxygen atoms in total. The first kappa shape index (κ1) is 11.4. The number of rotatable bonds is 1. The third-order valence-electron chi connectivity index (χ3n) is 2.42. The van der Waals surface area contributed by atoms with E-state index in [9.17, 15) is 0 Å². The summed E-state index contributed by atoms with van der Waals surface area (Å²) in [5.74, 6) is 1.00. The molecule has 0 spiro atoms. The van der Waals surface area contributed by atoms with Crippen LogP contribution >= 0.6 is 45.2 Å². The zero-order chi connectivity index (χ0) is 10.8. The molecule has 1 aliphatic heterocycles. The molecule has 0 saturated carbocycles. The maximum absolute atomic E-state index is 5.59. The molecule has 5 heteroatoms. The van der Waals surface area contributed by atoms with Crippen LogP contribution < -0.4 is 11.1 Å². The summed E-state index contributed by atoms with van der Waals surface area (Å²) in [6.07, 6.45) is 0. The Morgan fingerprint density at radius 3 is 2.53 bits per heavy atom. The van der Waals surface area contributed by atoms with Crippen molar-refractivity contribution in [3.8, 4) is 0 Å². The van der Waals surface area contributed by atoms with Gasteiger partial charge in [0.2, 0.25) is 0 Å². The van der Waals surface area contributed by atoms with Gasteiger partial charge < -0.3 is 11.1 Å². The van der Waals surface area contributed by atoms with Crippen LogP contribution in [0.4, 0.5) is 0 Å². The first-order valence-corrected chi connectivity index (χ1v) is 6.82. The van der Waals surface area contributed by atoms with Gasteiger partial charge in [0.05, 0.1) is 6.54 Å². The molecule has 3 N–H and O–H groups in total. The highest BCUT2D eigenvalue weighted by Gasteiger charge is 2.19. The topological polar surface area (TPSA) is 50.4 Å². The molecule has 0 radical (unpaired) electrons. The molecule has 2 rings (SSSR count). The van der Waals surface area contributed by atoms with Crippen molar-refractivity contribution in [2.75, 3.05) is 13.1 Å². The first-order chi connectivity index (χ1) is 7.18. The van der Waals surface area contributed by atoms with E-state index in [1.807, 2.05) is 0 Å². The Hall–Kier alpha value is -0.0500. The van der Waals surface area contributed by atoms with Gasteiger partial charge >= 0.3 is 0 Å². The van der Waals surface area contributed by atoms with Crippen LogP contribution in [0, 0.1) is 7.14 Å². The van der Waals surface area contributed by atoms with Gasteiger partial charge in [0.25, 0.3) is 0 Å². The third-order valence-corrected chi connectivity index (χ3v) is 4.30. The van der Waals surface area contributed by atoms with E-state index in [4.69, 9.17) is 5.73 Å². The summed E-state index contributed by atoms with van der Waals surface area (Å²) in [6.45, 7) is 1.67. The van der Waals surface area contributed by atoms with Crippen LogP contribution in [0.5, 0.6) is 0 Å². The Morgan fingerprint density at radius 2 is 2.00 bits per heavy atom. The molecule has 1 aromatic carbocycles. The van der Waals surface area contributed by atoms with Crippen LogP contribution in [0.2, 0.25) is 0 Å². The van der Waals surface area contributed by atoms with Crippen molar-refractivity contribution in [3.05, 3.63) is 30.9 Å². The second-order valence-electron chi connectivity index (χ2n) is 3.44. The van der Waals surface area contributed by atoms with Crippen molar-refractivity contribution in [2.45, 2.75) is 5.92 Å². The molecule has 1 heterocycles. The highest BCUT2D eigenvalue weighted by atomic mass is 127. The van der Waals surface area contributed by atoms with Gasteiger partial charge in [-0.05, 0) is 62.9 Å². The molecule has 0 saturated heterocycles. The molecule has 80 valence electrons. The highest BCUT2D eigenvalue weighted by Crippen LogP contribution is 2.27. The van der Waals surface area contributed by atoms with Crippen LogP contribution in [-0.2, 0) is 0 Å². The van der Waals surface area contributed by atoms with Gasteiger partial charge in [-0.25, -0.2) is 0 Å². The lowest BCUT2D eigenvalue weighted by atomic mass is 9.98. The van der Waals surface area contributed by atoms with E-state index in [1.165, 1.54) is 12.7 Å². The van der Waals surface area contributed by atoms with Crippen molar-refractivity contribution in [1.82, 2.24) is 5.32 Å². The smallest absolute Gasteiger partial charge is 0.188 e. The van der Waals surface area contributed by atoms with Crippen molar-refractivity contribution in [3.63, 3.8) is 0 Å². The van der Waals surface area contributed by atoms with Gasteiger partial charge in [-0.2, -0.15) is 0 Å². The molecule has 1 atom stereocenters. The fourth-order valence-corrected chi connectivity index (χ4v) is 4.04. The predicted octanol–water partition coefficient (Wildman–Crippen LogP) is 1.90. The summed E-state index contributed by atoms with van der Waals surface area (Å²) in [4.78, 5) is 4.25. The second-order valence-corrected chi connectivity index (χ2v) is 5.76. The molecule has 1 aliphatic rings. The van der Waals surface area contributed by atoms with E-state index in [0.29, 0.717) is 11.9 Å². The standard InChI is InChI=1S/C10H11I2N3/c11-7-2-1-3-8(12)9(7)6-4-14-10(13)15-5-6/h1-3,6H,4-5H2,(H3,13,14,15). The number of nitrogens with two attached hydrogens (primary N) is 1. The zero-order valence-corrected chi connectivity index (χ0v) is 12.3. The number of halogens is 2. The van der Waals surface area contributed by atoms with E-state index in [2.05, 4.69) is 73.7 Å². The molecule has 1 unspecified atom stereocenters. The minimum absolute atomic E-state index is 0.442. The van der Waals surface area contributed by atoms with E-state index in [1.54, 1.807) is 0 Å². The number of aliphatic imine (C=N–C) groups is 1. The Morgan fingerprint density at radius 1 is 1.33 bits per heavy atom. The van der Waals surface area contributed by atoms with Gasteiger partial charge in [-0.3, -0.25) is 4.99 Å². The monoisotopic (exact) mass is 427 g/mol. The van der Waals surface area contributed by atoms with Gasteiger partial charge in [0, 0.05) is 19.6 Å². The molecular weight excluding hydrogens is 416 g/mol. The normalized spacial score (nSPS) is 20.7. The molecule has 0 bridgehead atoms. The quantitative estimate of drug-likeness (QED) is 0.674. The summed E-state index contributed by atoms with van der Waals surface area (Å²) < 4.78 is 2.61.